The number of phenolic OH excluding ortho intramolecular Hbond substituents is 1. The molecule has 0 radical (unpaired) electrons. The highest BCUT2D eigenvalue weighted by Crippen LogP contribution is 2.28. The number of carbonyl (C=O) groups excluding carboxylic acids is 2. The molecule has 0 heterocycles. The first kappa shape index (κ1) is 20.5. The Morgan fingerprint density at radius 2 is 1.31 bits per heavy atom. The first-order chi connectivity index (χ1) is 14.0. The molecule has 7 nitrogen and oxygen atoms in total. The van der Waals surface area contributed by atoms with Gasteiger partial charge in [-0.15, -0.1) is 0 Å². The smallest absolute Gasteiger partial charge is 0.338 e. The minimum Gasteiger partial charge on any atom is -0.504 e. The fourth-order valence-corrected chi connectivity index (χ4v) is 3.25. The molecule has 2 aromatic rings. The Bertz CT molecular complexity index is 852. The molecule has 1 N–H and O–H groups in total. The summed E-state index contributed by atoms with van der Waals surface area (Å²) in [6.07, 6.45) is 2.00. The largest absolute Gasteiger partial charge is 0.504 e. The molecule has 0 amide bonds. The molecule has 1 fully saturated rings. The molecule has 0 unspecified atom stereocenters. The number of ether oxygens (including phenoxy) is 4. The van der Waals surface area contributed by atoms with Gasteiger partial charge in [-0.3, -0.25) is 0 Å². The number of hydrogen-bond acceptors (Lipinski definition) is 7. The molecule has 0 aliphatic heterocycles. The van der Waals surface area contributed by atoms with Crippen LogP contribution >= 0.6 is 0 Å². The van der Waals surface area contributed by atoms with Crippen molar-refractivity contribution in [1.29, 1.82) is 0 Å². The van der Waals surface area contributed by atoms with Gasteiger partial charge in [0.15, 0.2) is 11.5 Å². The minimum atomic E-state index is -0.498. The monoisotopic (exact) mass is 400 g/mol. The number of methoxy groups -OCH3 is 2. The van der Waals surface area contributed by atoms with E-state index in [2.05, 4.69) is 0 Å². The van der Waals surface area contributed by atoms with E-state index < -0.39 is 5.97 Å². The standard InChI is InChI=1S/C22H24O7/c1-26-16-6-3-14(4-7-16)21(24)28-17-8-10-18(11-9-17)29-22(25)15-5-12-20(27-2)19(23)13-15/h3-7,12-13,17-18,23H,8-11H2,1-2H3. The van der Waals surface area contributed by atoms with Gasteiger partial charge in [-0.2, -0.15) is 0 Å². The summed E-state index contributed by atoms with van der Waals surface area (Å²) < 4.78 is 21.1. The zero-order valence-electron chi connectivity index (χ0n) is 16.4. The Morgan fingerprint density at radius 3 is 1.79 bits per heavy atom. The SMILES string of the molecule is COc1ccc(C(=O)OC2CCC(OC(=O)c3ccc(OC)c(O)c3)CC2)cc1. The van der Waals surface area contributed by atoms with E-state index in [9.17, 15) is 14.7 Å². The zero-order valence-corrected chi connectivity index (χ0v) is 16.4. The first-order valence-corrected chi connectivity index (χ1v) is 9.43. The third-order valence-corrected chi connectivity index (χ3v) is 4.91. The number of hydrogen-bond donors (Lipinski definition) is 1. The molecule has 3 rings (SSSR count). The lowest BCUT2D eigenvalue weighted by molar-refractivity contribution is -0.0108. The van der Waals surface area contributed by atoms with Crippen molar-refractivity contribution in [3.05, 3.63) is 53.6 Å². The van der Waals surface area contributed by atoms with Crippen molar-refractivity contribution in [1.82, 2.24) is 0 Å². The molecule has 1 aliphatic carbocycles. The highest BCUT2D eigenvalue weighted by atomic mass is 16.6. The van der Waals surface area contributed by atoms with Crippen molar-refractivity contribution < 1.29 is 33.6 Å². The second-order valence-electron chi connectivity index (χ2n) is 6.82. The first-order valence-electron chi connectivity index (χ1n) is 9.43. The van der Waals surface area contributed by atoms with Crippen LogP contribution in [-0.4, -0.2) is 43.5 Å². The van der Waals surface area contributed by atoms with Crippen molar-refractivity contribution in [2.24, 2.45) is 0 Å². The molecular weight excluding hydrogens is 376 g/mol. The second kappa shape index (κ2) is 9.32. The van der Waals surface area contributed by atoms with E-state index in [4.69, 9.17) is 18.9 Å². The third kappa shape index (κ3) is 5.19. The van der Waals surface area contributed by atoms with Crippen LogP contribution in [0.3, 0.4) is 0 Å². The summed E-state index contributed by atoms with van der Waals surface area (Å²) in [5.74, 6) is -0.0191. The number of carbonyl (C=O) groups is 2. The normalized spacial score (nSPS) is 18.6. The molecule has 0 atom stereocenters. The average Bonchev–Trinajstić information content (AvgIpc) is 2.75. The van der Waals surface area contributed by atoms with E-state index in [-0.39, 0.29) is 29.5 Å². The van der Waals surface area contributed by atoms with E-state index in [0.717, 1.165) is 0 Å². The van der Waals surface area contributed by atoms with Gasteiger partial charge >= 0.3 is 11.9 Å². The van der Waals surface area contributed by atoms with Crippen LogP contribution in [0.5, 0.6) is 17.2 Å². The summed E-state index contributed by atoms with van der Waals surface area (Å²) >= 11 is 0. The zero-order chi connectivity index (χ0) is 20.8. The van der Waals surface area contributed by atoms with Crippen LogP contribution in [0.4, 0.5) is 0 Å². The fraction of sp³-hybridized carbons (Fsp3) is 0.364. The van der Waals surface area contributed by atoms with Crippen molar-refractivity contribution in [3.8, 4) is 17.2 Å². The van der Waals surface area contributed by atoms with E-state index in [1.54, 1.807) is 37.4 Å². The molecule has 1 aliphatic rings. The predicted molar refractivity (Wildman–Crippen MR) is 105 cm³/mol. The van der Waals surface area contributed by atoms with E-state index in [1.807, 2.05) is 0 Å². The Labute approximate surface area is 169 Å². The molecule has 0 spiro atoms. The van der Waals surface area contributed by atoms with E-state index in [0.29, 0.717) is 42.7 Å². The van der Waals surface area contributed by atoms with Gasteiger partial charge in [0, 0.05) is 0 Å². The average molecular weight is 400 g/mol. The van der Waals surface area contributed by atoms with Gasteiger partial charge in [0.2, 0.25) is 0 Å². The van der Waals surface area contributed by atoms with Gasteiger partial charge in [0.05, 0.1) is 25.3 Å². The number of aromatic hydroxyl groups is 1. The Balaban J connectivity index is 1.48. The quantitative estimate of drug-likeness (QED) is 0.739. The lowest BCUT2D eigenvalue weighted by atomic mass is 9.95. The van der Waals surface area contributed by atoms with Gasteiger partial charge in [0.1, 0.15) is 18.0 Å². The van der Waals surface area contributed by atoms with Crippen LogP contribution in [0.1, 0.15) is 46.4 Å². The maximum Gasteiger partial charge on any atom is 0.338 e. The Hall–Kier alpha value is -3.22. The third-order valence-electron chi connectivity index (χ3n) is 4.91. The fourth-order valence-electron chi connectivity index (χ4n) is 3.25. The molecule has 7 heteroatoms. The van der Waals surface area contributed by atoms with Crippen molar-refractivity contribution >= 4 is 11.9 Å². The van der Waals surface area contributed by atoms with Gasteiger partial charge < -0.3 is 24.1 Å². The van der Waals surface area contributed by atoms with Crippen LogP contribution in [0.15, 0.2) is 42.5 Å². The molecule has 0 saturated heterocycles. The predicted octanol–water partition coefficient (Wildman–Crippen LogP) is 3.73. The topological polar surface area (TPSA) is 91.3 Å². The lowest BCUT2D eigenvalue weighted by Gasteiger charge is -2.28. The van der Waals surface area contributed by atoms with E-state index in [1.165, 1.54) is 19.2 Å². The highest BCUT2D eigenvalue weighted by molar-refractivity contribution is 5.90. The molecular formula is C22H24O7. The summed E-state index contributed by atoms with van der Waals surface area (Å²) in [7, 11) is 3.00. The van der Waals surface area contributed by atoms with Crippen molar-refractivity contribution in [2.45, 2.75) is 37.9 Å². The molecule has 1 saturated carbocycles. The number of rotatable bonds is 6. The van der Waals surface area contributed by atoms with Gasteiger partial charge in [0.25, 0.3) is 0 Å². The molecule has 0 bridgehead atoms. The van der Waals surface area contributed by atoms with Gasteiger partial charge in [-0.1, -0.05) is 0 Å². The summed E-state index contributed by atoms with van der Waals surface area (Å²) in [6.45, 7) is 0. The van der Waals surface area contributed by atoms with Crippen LogP contribution in [0.2, 0.25) is 0 Å². The number of esters is 2. The summed E-state index contributed by atoms with van der Waals surface area (Å²) in [5.41, 5.74) is 0.732. The summed E-state index contributed by atoms with van der Waals surface area (Å²) in [6, 6.07) is 11.1. The van der Waals surface area contributed by atoms with Crippen molar-refractivity contribution in [2.75, 3.05) is 14.2 Å². The summed E-state index contributed by atoms with van der Waals surface area (Å²) in [5, 5.41) is 9.80. The lowest BCUT2D eigenvalue weighted by Crippen LogP contribution is -2.29. The van der Waals surface area contributed by atoms with Gasteiger partial charge in [-0.25, -0.2) is 9.59 Å². The van der Waals surface area contributed by atoms with Crippen LogP contribution in [0.25, 0.3) is 0 Å². The number of benzene rings is 2. The molecule has 0 aromatic heterocycles. The number of phenols is 1. The molecule has 2 aromatic carbocycles. The summed E-state index contributed by atoms with van der Waals surface area (Å²) in [4.78, 5) is 24.6. The maximum absolute atomic E-state index is 12.3. The highest BCUT2D eigenvalue weighted by Gasteiger charge is 2.27. The van der Waals surface area contributed by atoms with E-state index >= 15 is 0 Å². The van der Waals surface area contributed by atoms with Gasteiger partial charge in [-0.05, 0) is 68.1 Å². The Morgan fingerprint density at radius 1 is 0.793 bits per heavy atom. The van der Waals surface area contributed by atoms with Crippen LogP contribution in [0, 0.1) is 0 Å². The second-order valence-corrected chi connectivity index (χ2v) is 6.82. The van der Waals surface area contributed by atoms with Crippen LogP contribution in [-0.2, 0) is 9.47 Å². The van der Waals surface area contributed by atoms with Crippen LogP contribution < -0.4 is 9.47 Å². The molecule has 154 valence electrons. The Kier molecular flexibility index (Phi) is 6.59. The maximum atomic E-state index is 12.3. The molecule has 29 heavy (non-hydrogen) atoms. The van der Waals surface area contributed by atoms with Crippen molar-refractivity contribution in [3.63, 3.8) is 0 Å². The minimum absolute atomic E-state index is 0.115.